The molecule has 0 aliphatic rings. The molecule has 1 aromatic carbocycles. The van der Waals surface area contributed by atoms with E-state index in [4.69, 9.17) is 9.47 Å². The first-order chi connectivity index (χ1) is 14.8. The second-order valence-electron chi connectivity index (χ2n) is 8.89. The van der Waals surface area contributed by atoms with Crippen LogP contribution in [-0.2, 0) is 24.5 Å². The van der Waals surface area contributed by atoms with E-state index >= 15 is 0 Å². The van der Waals surface area contributed by atoms with Crippen molar-refractivity contribution in [1.29, 1.82) is 0 Å². The molecule has 0 aliphatic carbocycles. The fourth-order valence-corrected chi connectivity index (χ4v) is 2.43. The van der Waals surface area contributed by atoms with Crippen molar-refractivity contribution in [2.24, 2.45) is 5.41 Å². The van der Waals surface area contributed by atoms with E-state index in [-0.39, 0.29) is 29.6 Å². The first-order valence-corrected chi connectivity index (χ1v) is 12.3. The molecule has 0 spiro atoms. The molecule has 4 nitrogen and oxygen atoms in total. The van der Waals surface area contributed by atoms with Gasteiger partial charge in [-0.15, -0.1) is 0 Å². The number of carbonyl (C=O) groups excluding carboxylic acids is 2. The Hall–Kier alpha value is -1.84. The lowest BCUT2D eigenvalue weighted by molar-refractivity contribution is -0.158. The van der Waals surface area contributed by atoms with E-state index in [1.165, 1.54) is 0 Å². The predicted octanol–water partition coefficient (Wildman–Crippen LogP) is 8.12. The van der Waals surface area contributed by atoms with Gasteiger partial charge in [-0.25, -0.2) is 0 Å². The van der Waals surface area contributed by atoms with Crippen LogP contribution in [0.25, 0.3) is 0 Å². The van der Waals surface area contributed by atoms with Gasteiger partial charge in [-0.05, 0) is 67.4 Å². The summed E-state index contributed by atoms with van der Waals surface area (Å²) in [5.74, 6) is -0.250. The zero-order valence-corrected chi connectivity index (χ0v) is 23.3. The smallest absolute Gasteiger partial charge is 0.316 e. The van der Waals surface area contributed by atoms with Gasteiger partial charge in [0, 0.05) is 0 Å². The average molecular weight is 453 g/mol. The summed E-state index contributed by atoms with van der Waals surface area (Å²) in [5, 5.41) is 0. The number of carbonyl (C=O) groups is 2. The van der Waals surface area contributed by atoms with Crippen molar-refractivity contribution in [3.05, 3.63) is 35.9 Å². The highest BCUT2D eigenvalue weighted by atomic mass is 16.5. The Labute approximate surface area is 199 Å². The summed E-state index contributed by atoms with van der Waals surface area (Å²) in [6, 6.07) is 9.69. The lowest BCUT2D eigenvalue weighted by Gasteiger charge is -2.24. The van der Waals surface area contributed by atoms with Crippen LogP contribution in [-0.4, -0.2) is 24.1 Å². The molecule has 188 valence electrons. The van der Waals surface area contributed by atoms with Gasteiger partial charge in [-0.2, -0.15) is 0 Å². The topological polar surface area (TPSA) is 52.6 Å². The lowest BCUT2D eigenvalue weighted by atomic mass is 9.85. The Balaban J connectivity index is -0.000000458. The molecular formula is C28H52O4. The number of benzene rings is 1. The van der Waals surface area contributed by atoms with E-state index in [2.05, 4.69) is 6.92 Å². The third-order valence-electron chi connectivity index (χ3n) is 4.40. The number of rotatable bonds is 8. The molecule has 0 atom stereocenters. The molecule has 0 bridgehead atoms. The van der Waals surface area contributed by atoms with Crippen molar-refractivity contribution >= 4 is 11.9 Å². The van der Waals surface area contributed by atoms with Crippen molar-refractivity contribution in [3.63, 3.8) is 0 Å². The fraction of sp³-hybridized carbons (Fsp3) is 0.714. The number of hydrogen-bond acceptors (Lipinski definition) is 4. The highest BCUT2D eigenvalue weighted by Crippen LogP contribution is 2.26. The average Bonchev–Trinajstić information content (AvgIpc) is 2.75. The number of unbranched alkanes of at least 4 members (excludes halogenated alkanes) is 1. The molecule has 0 N–H and O–H groups in total. The van der Waals surface area contributed by atoms with Gasteiger partial charge in [0.15, 0.2) is 0 Å². The van der Waals surface area contributed by atoms with Gasteiger partial charge in [0.1, 0.15) is 0 Å². The van der Waals surface area contributed by atoms with Crippen LogP contribution in [0, 0.1) is 5.41 Å². The maximum atomic E-state index is 11.9. The molecule has 32 heavy (non-hydrogen) atoms. The SMILES string of the molecule is CC.CC.CC(C)OC(=O)C(C)(C)c1ccccc1.CCCCC(C)(C)C(=O)OC(C)C. The Kier molecular flexibility index (Phi) is 20.3. The molecule has 0 unspecified atom stereocenters. The van der Waals surface area contributed by atoms with Gasteiger partial charge in [-0.1, -0.05) is 77.8 Å². The predicted molar refractivity (Wildman–Crippen MR) is 138 cm³/mol. The lowest BCUT2D eigenvalue weighted by Crippen LogP contribution is -2.32. The van der Waals surface area contributed by atoms with E-state index in [0.29, 0.717) is 0 Å². The van der Waals surface area contributed by atoms with Crippen LogP contribution in [0.3, 0.4) is 0 Å². The van der Waals surface area contributed by atoms with Crippen LogP contribution in [0.15, 0.2) is 30.3 Å². The van der Waals surface area contributed by atoms with Crippen LogP contribution in [0.4, 0.5) is 0 Å². The van der Waals surface area contributed by atoms with Crippen molar-refractivity contribution < 1.29 is 19.1 Å². The molecule has 0 heterocycles. The van der Waals surface area contributed by atoms with Crippen molar-refractivity contribution in [1.82, 2.24) is 0 Å². The number of hydrogen-bond donors (Lipinski definition) is 0. The zero-order chi connectivity index (χ0) is 26.0. The van der Waals surface area contributed by atoms with Gasteiger partial charge >= 0.3 is 11.9 Å². The second kappa shape index (κ2) is 18.7. The quantitative estimate of drug-likeness (QED) is 0.374. The van der Waals surface area contributed by atoms with E-state index < -0.39 is 5.41 Å². The second-order valence-corrected chi connectivity index (χ2v) is 8.89. The maximum absolute atomic E-state index is 11.9. The molecule has 4 heteroatoms. The molecule has 0 saturated carbocycles. The summed E-state index contributed by atoms with van der Waals surface area (Å²) in [5.41, 5.74) is 0.0851. The third kappa shape index (κ3) is 15.0. The highest BCUT2D eigenvalue weighted by Gasteiger charge is 2.31. The third-order valence-corrected chi connectivity index (χ3v) is 4.40. The monoisotopic (exact) mass is 452 g/mol. The normalized spacial score (nSPS) is 10.6. The molecular weight excluding hydrogens is 400 g/mol. The Morgan fingerprint density at radius 2 is 1.19 bits per heavy atom. The molecule has 0 saturated heterocycles. The van der Waals surface area contributed by atoms with Gasteiger partial charge in [0.25, 0.3) is 0 Å². The standard InChI is InChI=1S/C13H18O2.C11H22O2.2C2H6/c1-10(2)15-12(14)13(3,4)11-8-6-5-7-9-11;1-6-7-8-11(4,5)10(12)13-9(2)3;2*1-2/h5-10H,1-4H3;9H,6-8H2,1-5H3;2*1-2H3. The van der Waals surface area contributed by atoms with Gasteiger partial charge in [0.2, 0.25) is 0 Å². The highest BCUT2D eigenvalue weighted by molar-refractivity contribution is 5.82. The molecule has 0 amide bonds. The summed E-state index contributed by atoms with van der Waals surface area (Å²) >= 11 is 0. The van der Waals surface area contributed by atoms with E-state index in [9.17, 15) is 9.59 Å². The summed E-state index contributed by atoms with van der Waals surface area (Å²) < 4.78 is 10.4. The minimum Gasteiger partial charge on any atom is -0.463 e. The summed E-state index contributed by atoms with van der Waals surface area (Å²) in [6.07, 6.45) is 3.04. The minimum absolute atomic E-state index is 0.00611. The van der Waals surface area contributed by atoms with E-state index in [1.54, 1.807) is 0 Å². The Morgan fingerprint density at radius 3 is 1.56 bits per heavy atom. The van der Waals surface area contributed by atoms with Crippen LogP contribution >= 0.6 is 0 Å². The summed E-state index contributed by atoms with van der Waals surface area (Å²) in [6.45, 7) is 25.3. The van der Waals surface area contributed by atoms with Gasteiger partial charge < -0.3 is 9.47 Å². The largest absolute Gasteiger partial charge is 0.463 e. The maximum Gasteiger partial charge on any atom is 0.316 e. The first kappa shape index (κ1) is 34.8. The zero-order valence-electron chi connectivity index (χ0n) is 23.3. The first-order valence-electron chi connectivity index (χ1n) is 12.3. The van der Waals surface area contributed by atoms with Crippen molar-refractivity contribution in [3.8, 4) is 0 Å². The molecule has 0 aromatic heterocycles. The Bertz CT molecular complexity index is 587. The fourth-order valence-electron chi connectivity index (χ4n) is 2.43. The Morgan fingerprint density at radius 1 is 0.781 bits per heavy atom. The van der Waals surface area contributed by atoms with Gasteiger partial charge in [-0.3, -0.25) is 9.59 Å². The number of ether oxygens (including phenoxy) is 2. The van der Waals surface area contributed by atoms with E-state index in [1.807, 2.05) is 113 Å². The van der Waals surface area contributed by atoms with Gasteiger partial charge in [0.05, 0.1) is 23.0 Å². The van der Waals surface area contributed by atoms with Crippen LogP contribution < -0.4 is 0 Å². The summed E-state index contributed by atoms with van der Waals surface area (Å²) in [4.78, 5) is 23.4. The number of esters is 2. The molecule has 1 rings (SSSR count). The van der Waals surface area contributed by atoms with Crippen molar-refractivity contribution in [2.45, 2.75) is 127 Å². The molecule has 0 fully saturated rings. The van der Waals surface area contributed by atoms with Crippen LogP contribution in [0.5, 0.6) is 0 Å². The molecule has 0 aliphatic heterocycles. The summed E-state index contributed by atoms with van der Waals surface area (Å²) in [7, 11) is 0. The van der Waals surface area contributed by atoms with E-state index in [0.717, 1.165) is 24.8 Å². The van der Waals surface area contributed by atoms with Crippen LogP contribution in [0.2, 0.25) is 0 Å². The van der Waals surface area contributed by atoms with Crippen molar-refractivity contribution in [2.75, 3.05) is 0 Å². The molecule has 0 radical (unpaired) electrons. The van der Waals surface area contributed by atoms with Crippen LogP contribution in [0.1, 0.15) is 115 Å². The molecule has 1 aromatic rings. The minimum atomic E-state index is -0.578.